The van der Waals surface area contributed by atoms with Crippen LogP contribution in [0.2, 0.25) is 0 Å². The molecule has 0 fully saturated rings. The smallest absolute Gasteiger partial charge is 0.323 e. The molecule has 0 saturated heterocycles. The number of hydrogen-bond acceptors (Lipinski definition) is 3. The van der Waals surface area contributed by atoms with Crippen LogP contribution in [0.15, 0.2) is 29.2 Å². The van der Waals surface area contributed by atoms with Crippen LogP contribution in [-0.2, 0) is 9.59 Å². The second kappa shape index (κ2) is 6.10. The number of amides is 1. The Labute approximate surface area is 116 Å². The molecule has 102 valence electrons. The summed E-state index contributed by atoms with van der Waals surface area (Å²) < 4.78 is 0. The second-order valence-electron chi connectivity index (χ2n) is 4.55. The first-order valence-electron chi connectivity index (χ1n) is 6.35. The maximum Gasteiger partial charge on any atom is 0.323 e. The molecule has 19 heavy (non-hydrogen) atoms. The van der Waals surface area contributed by atoms with Gasteiger partial charge in [0.05, 0.1) is 5.92 Å². The summed E-state index contributed by atoms with van der Waals surface area (Å²) in [6, 6.07) is 7.85. The Morgan fingerprint density at radius 3 is 2.84 bits per heavy atom. The fourth-order valence-electron chi connectivity index (χ4n) is 2.29. The minimum atomic E-state index is -0.958. The molecule has 1 aromatic carbocycles. The van der Waals surface area contributed by atoms with Gasteiger partial charge < -0.3 is 10.0 Å². The van der Waals surface area contributed by atoms with E-state index in [-0.39, 0.29) is 18.4 Å². The van der Waals surface area contributed by atoms with Crippen molar-refractivity contribution >= 4 is 23.6 Å². The van der Waals surface area contributed by atoms with E-state index >= 15 is 0 Å². The van der Waals surface area contributed by atoms with E-state index in [9.17, 15) is 9.59 Å². The molecule has 0 radical (unpaired) electrons. The van der Waals surface area contributed by atoms with E-state index in [4.69, 9.17) is 5.11 Å². The highest BCUT2D eigenvalue weighted by atomic mass is 32.2. The largest absolute Gasteiger partial charge is 0.480 e. The van der Waals surface area contributed by atoms with Crippen molar-refractivity contribution in [3.05, 3.63) is 29.8 Å². The molecule has 0 bridgehead atoms. The Balaban J connectivity index is 2.17. The zero-order valence-corrected chi connectivity index (χ0v) is 11.7. The fraction of sp³-hybridized carbons (Fsp3) is 0.429. The Morgan fingerprint density at radius 2 is 2.16 bits per heavy atom. The summed E-state index contributed by atoms with van der Waals surface area (Å²) >= 11 is 1.66. The van der Waals surface area contributed by atoms with E-state index in [0.29, 0.717) is 12.3 Å². The number of carboxylic acid groups (broad SMARTS) is 1. The van der Waals surface area contributed by atoms with Gasteiger partial charge in [-0.15, -0.1) is 11.8 Å². The van der Waals surface area contributed by atoms with Gasteiger partial charge in [-0.05, 0) is 18.1 Å². The van der Waals surface area contributed by atoms with Gasteiger partial charge in [-0.2, -0.15) is 0 Å². The number of carbonyl (C=O) groups is 2. The van der Waals surface area contributed by atoms with E-state index in [1.807, 2.05) is 31.2 Å². The van der Waals surface area contributed by atoms with Crippen LogP contribution >= 0.6 is 11.8 Å². The molecule has 1 aliphatic rings. The molecule has 2 rings (SSSR count). The number of benzene rings is 1. The summed E-state index contributed by atoms with van der Waals surface area (Å²) in [6.07, 6.45) is 0.764. The standard InChI is InChI=1S/C14H17NO3S/c1-2-7-15(8-13(16)17)14(18)11-9-19-12-6-4-3-5-10(11)12/h3-6,11H,2,7-9H2,1H3,(H,16,17)/t11-/m0/s1. The molecule has 1 aromatic rings. The van der Waals surface area contributed by atoms with Crippen molar-refractivity contribution in [3.63, 3.8) is 0 Å². The number of nitrogens with zero attached hydrogens (tertiary/aromatic N) is 1. The molecule has 0 aromatic heterocycles. The van der Waals surface area contributed by atoms with Gasteiger partial charge in [-0.1, -0.05) is 25.1 Å². The van der Waals surface area contributed by atoms with Gasteiger partial charge >= 0.3 is 5.97 Å². The van der Waals surface area contributed by atoms with Gasteiger partial charge in [0.25, 0.3) is 0 Å². The molecule has 1 N–H and O–H groups in total. The highest BCUT2D eigenvalue weighted by Gasteiger charge is 2.32. The summed E-state index contributed by atoms with van der Waals surface area (Å²) in [5.74, 6) is -0.521. The van der Waals surface area contributed by atoms with Crippen LogP contribution < -0.4 is 0 Å². The first kappa shape index (κ1) is 13.9. The van der Waals surface area contributed by atoms with Crippen LogP contribution in [0.3, 0.4) is 0 Å². The zero-order chi connectivity index (χ0) is 13.8. The van der Waals surface area contributed by atoms with E-state index < -0.39 is 5.97 Å². The molecular formula is C14H17NO3S. The molecule has 0 spiro atoms. The van der Waals surface area contributed by atoms with Crippen LogP contribution in [0.4, 0.5) is 0 Å². The second-order valence-corrected chi connectivity index (χ2v) is 5.62. The minimum absolute atomic E-state index is 0.0679. The van der Waals surface area contributed by atoms with Gasteiger partial charge in [0, 0.05) is 17.2 Å². The maximum atomic E-state index is 12.5. The molecule has 1 aliphatic heterocycles. The average molecular weight is 279 g/mol. The number of fused-ring (bicyclic) bond motifs is 1. The van der Waals surface area contributed by atoms with Crippen molar-refractivity contribution in [2.45, 2.75) is 24.2 Å². The lowest BCUT2D eigenvalue weighted by Crippen LogP contribution is -2.39. The lowest BCUT2D eigenvalue weighted by molar-refractivity contribution is -0.144. The van der Waals surface area contributed by atoms with E-state index in [2.05, 4.69) is 0 Å². The number of rotatable bonds is 5. The highest BCUT2D eigenvalue weighted by Crippen LogP contribution is 2.40. The van der Waals surface area contributed by atoms with E-state index in [0.717, 1.165) is 16.9 Å². The van der Waals surface area contributed by atoms with Gasteiger partial charge in [0.2, 0.25) is 5.91 Å². The summed E-state index contributed by atoms with van der Waals surface area (Å²) in [7, 11) is 0. The third-order valence-electron chi connectivity index (χ3n) is 3.13. The average Bonchev–Trinajstić information content (AvgIpc) is 2.80. The van der Waals surface area contributed by atoms with Crippen molar-refractivity contribution in [1.29, 1.82) is 0 Å². The third-order valence-corrected chi connectivity index (χ3v) is 4.31. The fourth-order valence-corrected chi connectivity index (χ4v) is 3.51. The van der Waals surface area contributed by atoms with Crippen molar-refractivity contribution < 1.29 is 14.7 Å². The van der Waals surface area contributed by atoms with Crippen molar-refractivity contribution in [1.82, 2.24) is 4.90 Å². The highest BCUT2D eigenvalue weighted by molar-refractivity contribution is 7.99. The van der Waals surface area contributed by atoms with Crippen LogP contribution in [-0.4, -0.2) is 40.7 Å². The Hall–Kier alpha value is -1.49. The van der Waals surface area contributed by atoms with Crippen LogP contribution in [0.5, 0.6) is 0 Å². The Morgan fingerprint density at radius 1 is 1.42 bits per heavy atom. The number of aliphatic carboxylic acids is 1. The predicted molar refractivity (Wildman–Crippen MR) is 74.4 cm³/mol. The summed E-state index contributed by atoms with van der Waals surface area (Å²) in [5, 5.41) is 8.90. The molecule has 0 unspecified atom stereocenters. The summed E-state index contributed by atoms with van der Waals surface area (Å²) in [4.78, 5) is 25.9. The number of carbonyl (C=O) groups excluding carboxylic acids is 1. The lowest BCUT2D eigenvalue weighted by Gasteiger charge is -2.23. The van der Waals surface area contributed by atoms with Crippen LogP contribution in [0, 0.1) is 0 Å². The van der Waals surface area contributed by atoms with Gasteiger partial charge in [0.15, 0.2) is 0 Å². The normalized spacial score (nSPS) is 17.0. The number of thioether (sulfide) groups is 1. The van der Waals surface area contributed by atoms with Gasteiger partial charge in [-0.25, -0.2) is 0 Å². The lowest BCUT2D eigenvalue weighted by atomic mass is 10.00. The monoisotopic (exact) mass is 279 g/mol. The molecule has 0 saturated carbocycles. The first-order chi connectivity index (χ1) is 9.13. The number of carboxylic acids is 1. The van der Waals surface area contributed by atoms with Gasteiger partial charge in [-0.3, -0.25) is 9.59 Å². The molecule has 1 amide bonds. The van der Waals surface area contributed by atoms with Crippen LogP contribution in [0.1, 0.15) is 24.8 Å². The predicted octanol–water partition coefficient (Wildman–Crippen LogP) is 2.20. The van der Waals surface area contributed by atoms with E-state index in [1.165, 1.54) is 4.90 Å². The molecule has 4 nitrogen and oxygen atoms in total. The molecule has 0 aliphatic carbocycles. The van der Waals surface area contributed by atoms with Crippen molar-refractivity contribution in [3.8, 4) is 0 Å². The molecular weight excluding hydrogens is 262 g/mol. The molecule has 5 heteroatoms. The summed E-state index contributed by atoms with van der Waals surface area (Å²) in [6.45, 7) is 2.23. The van der Waals surface area contributed by atoms with Crippen molar-refractivity contribution in [2.75, 3.05) is 18.8 Å². The van der Waals surface area contributed by atoms with E-state index in [1.54, 1.807) is 11.8 Å². The Bertz CT molecular complexity index is 489. The zero-order valence-electron chi connectivity index (χ0n) is 10.8. The quantitative estimate of drug-likeness (QED) is 0.897. The SMILES string of the molecule is CCCN(CC(=O)O)C(=O)[C@H]1CSc2ccccc21. The number of hydrogen-bond donors (Lipinski definition) is 1. The third kappa shape index (κ3) is 3.10. The Kier molecular flexibility index (Phi) is 4.47. The van der Waals surface area contributed by atoms with Gasteiger partial charge in [0.1, 0.15) is 6.54 Å². The summed E-state index contributed by atoms with van der Waals surface area (Å²) in [5.41, 5.74) is 1.03. The topological polar surface area (TPSA) is 57.6 Å². The van der Waals surface area contributed by atoms with Crippen LogP contribution in [0.25, 0.3) is 0 Å². The minimum Gasteiger partial charge on any atom is -0.480 e. The molecule has 1 atom stereocenters. The van der Waals surface area contributed by atoms with Crippen molar-refractivity contribution in [2.24, 2.45) is 0 Å². The molecule has 1 heterocycles. The maximum absolute atomic E-state index is 12.5. The first-order valence-corrected chi connectivity index (χ1v) is 7.34.